The number of nitrogens with zero attached hydrogens (tertiary/aromatic N) is 1. The zero-order valence-electron chi connectivity index (χ0n) is 7.38. The number of aromatic carboxylic acids is 1. The van der Waals surface area contributed by atoms with Gasteiger partial charge in [-0.3, -0.25) is 0 Å². The monoisotopic (exact) mass is 236 g/mol. The molecule has 7 heteroatoms. The van der Waals surface area contributed by atoms with E-state index in [0.717, 1.165) is 6.20 Å². The maximum Gasteiger partial charge on any atom is 0.336 e. The van der Waals surface area contributed by atoms with Crippen molar-refractivity contribution in [3.8, 4) is 0 Å². The molecule has 1 heterocycles. The second-order valence-electron chi connectivity index (χ2n) is 2.67. The van der Waals surface area contributed by atoms with E-state index in [1.165, 1.54) is 0 Å². The minimum absolute atomic E-state index is 0.0815. The Balaban J connectivity index is 3.49. The molecule has 1 aromatic rings. The van der Waals surface area contributed by atoms with Crippen LogP contribution in [0.2, 0.25) is 5.15 Å². The van der Waals surface area contributed by atoms with Gasteiger partial charge in [0.05, 0.1) is 11.1 Å². The van der Waals surface area contributed by atoms with Crippen molar-refractivity contribution in [2.45, 2.75) is 13.0 Å². The maximum atomic E-state index is 12.4. The molecule has 0 unspecified atom stereocenters. The van der Waals surface area contributed by atoms with Crippen LogP contribution in [0.25, 0.3) is 0 Å². The highest BCUT2D eigenvalue weighted by molar-refractivity contribution is 6.30. The van der Waals surface area contributed by atoms with E-state index in [1.807, 2.05) is 0 Å². The summed E-state index contributed by atoms with van der Waals surface area (Å²) in [5, 5.41) is 8.61. The van der Waals surface area contributed by atoms with E-state index in [9.17, 15) is 13.6 Å². The summed E-state index contributed by atoms with van der Waals surface area (Å²) in [4.78, 5) is 14.2. The van der Waals surface area contributed by atoms with E-state index in [4.69, 9.17) is 22.4 Å². The number of hydrogen-bond acceptors (Lipinski definition) is 3. The van der Waals surface area contributed by atoms with Gasteiger partial charge in [-0.25, -0.2) is 18.6 Å². The van der Waals surface area contributed by atoms with Crippen LogP contribution in [0.5, 0.6) is 0 Å². The smallest absolute Gasteiger partial charge is 0.336 e. The van der Waals surface area contributed by atoms with Gasteiger partial charge in [-0.05, 0) is 0 Å². The van der Waals surface area contributed by atoms with Gasteiger partial charge in [0.2, 0.25) is 0 Å². The molecule has 82 valence electrons. The summed E-state index contributed by atoms with van der Waals surface area (Å²) in [5.74, 6) is -1.49. The second-order valence-corrected chi connectivity index (χ2v) is 3.03. The van der Waals surface area contributed by atoms with Gasteiger partial charge in [0, 0.05) is 18.3 Å². The van der Waals surface area contributed by atoms with Gasteiger partial charge in [0.1, 0.15) is 5.15 Å². The fraction of sp³-hybridized carbons (Fsp3) is 0.250. The molecule has 0 radical (unpaired) electrons. The van der Waals surface area contributed by atoms with Crippen LogP contribution >= 0.6 is 11.6 Å². The van der Waals surface area contributed by atoms with Gasteiger partial charge in [-0.2, -0.15) is 0 Å². The Kier molecular flexibility index (Phi) is 3.54. The number of pyridine rings is 1. The fourth-order valence-electron chi connectivity index (χ4n) is 1.15. The van der Waals surface area contributed by atoms with Crippen LogP contribution in [-0.2, 0) is 6.54 Å². The molecule has 0 amide bonds. The van der Waals surface area contributed by atoms with E-state index in [-0.39, 0.29) is 17.3 Å². The minimum atomic E-state index is -2.92. The summed E-state index contributed by atoms with van der Waals surface area (Å²) in [6.45, 7) is -0.256. The highest BCUT2D eigenvalue weighted by atomic mass is 35.5. The first-order valence-electron chi connectivity index (χ1n) is 3.87. The lowest BCUT2D eigenvalue weighted by Crippen LogP contribution is -2.12. The zero-order valence-corrected chi connectivity index (χ0v) is 8.13. The number of carboxylic acids is 1. The summed E-state index contributed by atoms with van der Waals surface area (Å²) in [6.07, 6.45) is -2.18. The highest BCUT2D eigenvalue weighted by Crippen LogP contribution is 2.28. The molecule has 0 saturated carbocycles. The van der Waals surface area contributed by atoms with E-state index >= 15 is 0 Å². The standard InChI is InChI=1S/C8H7ClF2N2O2/c9-6-3(1-12)5(8(14)15)4(2-13-6)7(10)11/h2,7H,1,12H2,(H,14,15). The number of halogens is 3. The number of alkyl halides is 2. The number of carbonyl (C=O) groups is 1. The third kappa shape index (κ3) is 2.21. The molecule has 0 bridgehead atoms. The molecule has 0 aliphatic carbocycles. The van der Waals surface area contributed by atoms with Crippen LogP contribution in [0.1, 0.15) is 27.9 Å². The van der Waals surface area contributed by atoms with Crippen molar-refractivity contribution in [3.05, 3.63) is 28.0 Å². The molecular weight excluding hydrogens is 230 g/mol. The molecule has 0 spiro atoms. The van der Waals surface area contributed by atoms with Crippen LogP contribution in [0.15, 0.2) is 6.20 Å². The van der Waals surface area contributed by atoms with Gasteiger partial charge in [0.15, 0.2) is 0 Å². The normalized spacial score (nSPS) is 10.7. The Bertz CT molecular complexity index is 398. The summed E-state index contributed by atoms with van der Waals surface area (Å²) in [7, 11) is 0. The first kappa shape index (κ1) is 11.8. The Hall–Kier alpha value is -1.27. The summed E-state index contributed by atoms with van der Waals surface area (Å²) in [5.41, 5.74) is 3.91. The van der Waals surface area contributed by atoms with Crippen molar-refractivity contribution in [1.82, 2.24) is 4.98 Å². The number of aromatic nitrogens is 1. The van der Waals surface area contributed by atoms with Crippen molar-refractivity contribution in [1.29, 1.82) is 0 Å². The molecule has 0 saturated heterocycles. The molecule has 0 fully saturated rings. The van der Waals surface area contributed by atoms with Crippen LogP contribution < -0.4 is 5.73 Å². The van der Waals surface area contributed by atoms with Crippen LogP contribution in [-0.4, -0.2) is 16.1 Å². The lowest BCUT2D eigenvalue weighted by molar-refractivity contribution is 0.0683. The van der Waals surface area contributed by atoms with Crippen molar-refractivity contribution < 1.29 is 18.7 Å². The highest BCUT2D eigenvalue weighted by Gasteiger charge is 2.23. The molecular formula is C8H7ClF2N2O2. The van der Waals surface area contributed by atoms with E-state index in [0.29, 0.717) is 0 Å². The van der Waals surface area contributed by atoms with Crippen molar-refractivity contribution in [2.75, 3.05) is 0 Å². The molecule has 0 aromatic carbocycles. The lowest BCUT2D eigenvalue weighted by Gasteiger charge is -2.10. The lowest BCUT2D eigenvalue weighted by atomic mass is 10.0. The van der Waals surface area contributed by atoms with Gasteiger partial charge >= 0.3 is 5.97 Å². The fourth-order valence-corrected chi connectivity index (χ4v) is 1.37. The third-order valence-electron chi connectivity index (χ3n) is 1.81. The predicted molar refractivity (Wildman–Crippen MR) is 49.1 cm³/mol. The van der Waals surface area contributed by atoms with Crippen molar-refractivity contribution >= 4 is 17.6 Å². The Morgan fingerprint density at radius 1 is 1.67 bits per heavy atom. The molecule has 15 heavy (non-hydrogen) atoms. The first-order valence-corrected chi connectivity index (χ1v) is 4.25. The SMILES string of the molecule is NCc1c(Cl)ncc(C(F)F)c1C(=O)O. The maximum absolute atomic E-state index is 12.4. The van der Waals surface area contributed by atoms with Crippen LogP contribution in [0.4, 0.5) is 8.78 Å². The Morgan fingerprint density at radius 2 is 2.27 bits per heavy atom. The first-order chi connectivity index (χ1) is 6.99. The van der Waals surface area contributed by atoms with Gasteiger partial charge < -0.3 is 10.8 Å². The van der Waals surface area contributed by atoms with E-state index in [2.05, 4.69) is 4.98 Å². The molecule has 1 aromatic heterocycles. The average molecular weight is 237 g/mol. The zero-order chi connectivity index (χ0) is 11.6. The minimum Gasteiger partial charge on any atom is -0.478 e. The summed E-state index contributed by atoms with van der Waals surface area (Å²) < 4.78 is 24.9. The summed E-state index contributed by atoms with van der Waals surface area (Å²) >= 11 is 5.55. The third-order valence-corrected chi connectivity index (χ3v) is 2.14. The largest absolute Gasteiger partial charge is 0.478 e. The Labute approximate surface area is 88.7 Å². The summed E-state index contributed by atoms with van der Waals surface area (Å²) in [6, 6.07) is 0. The topological polar surface area (TPSA) is 76.2 Å². The van der Waals surface area contributed by atoms with Crippen molar-refractivity contribution in [2.24, 2.45) is 5.73 Å². The molecule has 1 rings (SSSR count). The quantitative estimate of drug-likeness (QED) is 0.785. The predicted octanol–water partition coefficient (Wildman–Crippen LogP) is 1.83. The number of hydrogen-bond donors (Lipinski definition) is 2. The number of carboxylic acid groups (broad SMARTS) is 1. The van der Waals surface area contributed by atoms with Gasteiger partial charge in [-0.1, -0.05) is 11.6 Å². The van der Waals surface area contributed by atoms with Crippen LogP contribution in [0, 0.1) is 0 Å². The van der Waals surface area contributed by atoms with Gasteiger partial charge in [0.25, 0.3) is 6.43 Å². The second kappa shape index (κ2) is 4.50. The molecule has 0 atom stereocenters. The Morgan fingerprint density at radius 3 is 2.67 bits per heavy atom. The van der Waals surface area contributed by atoms with E-state index < -0.39 is 23.5 Å². The van der Waals surface area contributed by atoms with Crippen LogP contribution in [0.3, 0.4) is 0 Å². The number of nitrogens with two attached hydrogens (primary N) is 1. The molecule has 4 nitrogen and oxygen atoms in total. The van der Waals surface area contributed by atoms with E-state index in [1.54, 1.807) is 0 Å². The molecule has 0 aliphatic heterocycles. The van der Waals surface area contributed by atoms with Gasteiger partial charge in [-0.15, -0.1) is 0 Å². The average Bonchev–Trinajstić information content (AvgIpc) is 2.16. The number of rotatable bonds is 3. The molecule has 3 N–H and O–H groups in total. The molecule has 0 aliphatic rings. The van der Waals surface area contributed by atoms with Crippen molar-refractivity contribution in [3.63, 3.8) is 0 Å².